The lowest BCUT2D eigenvalue weighted by Crippen LogP contribution is -2.31. The number of carboxylic acids is 1. The molecule has 0 radical (unpaired) electrons. The van der Waals surface area contributed by atoms with Crippen molar-refractivity contribution < 1.29 is 19.4 Å². The summed E-state index contributed by atoms with van der Waals surface area (Å²) >= 11 is 0. The molecule has 2 atom stereocenters. The summed E-state index contributed by atoms with van der Waals surface area (Å²) in [5.41, 5.74) is 2.19. The number of methoxy groups -OCH3 is 1. The fourth-order valence-electron chi connectivity index (χ4n) is 2.83. The second kappa shape index (κ2) is 6.61. The van der Waals surface area contributed by atoms with E-state index >= 15 is 0 Å². The highest BCUT2D eigenvalue weighted by molar-refractivity contribution is 5.95. The number of hydrogen-bond acceptors (Lipinski definition) is 4. The van der Waals surface area contributed by atoms with Crippen LogP contribution in [0.4, 0.5) is 5.69 Å². The standard InChI is InChI=1S/C16H21NO4/c1-10-6-7-14(13(8-10)16(20)21-2)17-12-5-3-4-11(9-12)15(18)19/h6-8,11-12,17H,3-5,9H2,1-2H3,(H,18,19). The summed E-state index contributed by atoms with van der Waals surface area (Å²) in [5, 5.41) is 12.5. The smallest absolute Gasteiger partial charge is 0.339 e. The molecule has 5 heteroatoms. The van der Waals surface area contributed by atoms with E-state index in [4.69, 9.17) is 9.84 Å². The van der Waals surface area contributed by atoms with Gasteiger partial charge in [-0.15, -0.1) is 0 Å². The monoisotopic (exact) mass is 291 g/mol. The van der Waals surface area contributed by atoms with Gasteiger partial charge in [0, 0.05) is 11.7 Å². The normalized spacial score (nSPS) is 21.6. The van der Waals surface area contributed by atoms with Crippen LogP contribution in [0.3, 0.4) is 0 Å². The van der Waals surface area contributed by atoms with Gasteiger partial charge >= 0.3 is 11.9 Å². The molecule has 0 spiro atoms. The van der Waals surface area contributed by atoms with Crippen molar-refractivity contribution in [3.05, 3.63) is 29.3 Å². The third-order valence-electron chi connectivity index (χ3n) is 3.96. The van der Waals surface area contributed by atoms with E-state index in [1.807, 2.05) is 19.1 Å². The first-order chi connectivity index (χ1) is 10.0. The molecule has 0 aliphatic heterocycles. The predicted octanol–water partition coefficient (Wildman–Crippen LogP) is 2.84. The summed E-state index contributed by atoms with van der Waals surface area (Å²) in [5.74, 6) is -1.42. The van der Waals surface area contributed by atoms with Crippen molar-refractivity contribution in [3.63, 3.8) is 0 Å². The molecule has 1 aromatic rings. The van der Waals surface area contributed by atoms with Gasteiger partial charge in [0.05, 0.1) is 18.6 Å². The molecule has 1 aromatic carbocycles. The molecule has 0 amide bonds. The molecule has 0 saturated heterocycles. The minimum Gasteiger partial charge on any atom is -0.481 e. The van der Waals surface area contributed by atoms with Gasteiger partial charge in [0.25, 0.3) is 0 Å². The largest absolute Gasteiger partial charge is 0.481 e. The minimum atomic E-state index is -0.737. The van der Waals surface area contributed by atoms with Crippen molar-refractivity contribution in [3.8, 4) is 0 Å². The van der Waals surface area contributed by atoms with Gasteiger partial charge in [-0.3, -0.25) is 4.79 Å². The summed E-state index contributed by atoms with van der Waals surface area (Å²) in [4.78, 5) is 23.0. The van der Waals surface area contributed by atoms with Gasteiger partial charge < -0.3 is 15.2 Å². The number of carboxylic acid groups (broad SMARTS) is 1. The summed E-state index contributed by atoms with van der Waals surface area (Å²) in [6, 6.07) is 5.63. The van der Waals surface area contributed by atoms with E-state index in [9.17, 15) is 9.59 Å². The maximum Gasteiger partial charge on any atom is 0.339 e. The lowest BCUT2D eigenvalue weighted by atomic mass is 9.85. The molecule has 0 aromatic heterocycles. The van der Waals surface area contributed by atoms with Gasteiger partial charge in [0.2, 0.25) is 0 Å². The van der Waals surface area contributed by atoms with Crippen molar-refractivity contribution in [2.24, 2.45) is 5.92 Å². The number of aryl methyl sites for hydroxylation is 1. The molecule has 2 unspecified atom stereocenters. The molecule has 2 N–H and O–H groups in total. The van der Waals surface area contributed by atoms with Gasteiger partial charge in [0.1, 0.15) is 0 Å². The molecule has 1 fully saturated rings. The van der Waals surface area contributed by atoms with Crippen LogP contribution in [0.15, 0.2) is 18.2 Å². The van der Waals surface area contributed by atoms with Crippen molar-refractivity contribution in [2.75, 3.05) is 12.4 Å². The number of rotatable bonds is 4. The zero-order valence-corrected chi connectivity index (χ0v) is 12.4. The predicted molar refractivity (Wildman–Crippen MR) is 79.5 cm³/mol. The van der Waals surface area contributed by atoms with Crippen molar-refractivity contribution >= 4 is 17.6 Å². The van der Waals surface area contributed by atoms with Crippen molar-refractivity contribution in [1.29, 1.82) is 0 Å². The molecule has 1 aliphatic carbocycles. The number of ether oxygens (including phenoxy) is 1. The Morgan fingerprint density at radius 1 is 1.33 bits per heavy atom. The Balaban J connectivity index is 2.15. The number of esters is 1. The Bertz CT molecular complexity index is 541. The second-order valence-corrected chi connectivity index (χ2v) is 5.58. The molecule has 1 saturated carbocycles. The first kappa shape index (κ1) is 15.4. The van der Waals surface area contributed by atoms with Gasteiger partial charge in [-0.2, -0.15) is 0 Å². The van der Waals surface area contributed by atoms with E-state index in [0.717, 1.165) is 24.8 Å². The Kier molecular flexibility index (Phi) is 4.83. The summed E-state index contributed by atoms with van der Waals surface area (Å²) < 4.78 is 4.81. The fourth-order valence-corrected chi connectivity index (χ4v) is 2.83. The highest BCUT2D eigenvalue weighted by Crippen LogP contribution is 2.28. The zero-order chi connectivity index (χ0) is 15.4. The van der Waals surface area contributed by atoms with Crippen LogP contribution in [0, 0.1) is 12.8 Å². The minimum absolute atomic E-state index is 0.0750. The number of benzene rings is 1. The molecular formula is C16H21NO4. The van der Waals surface area contributed by atoms with Gasteiger partial charge in [-0.05, 0) is 38.3 Å². The van der Waals surface area contributed by atoms with E-state index in [2.05, 4.69) is 5.32 Å². The first-order valence-corrected chi connectivity index (χ1v) is 7.19. The first-order valence-electron chi connectivity index (χ1n) is 7.19. The van der Waals surface area contributed by atoms with E-state index in [1.54, 1.807) is 6.07 Å². The number of carbonyl (C=O) groups is 2. The van der Waals surface area contributed by atoms with Gasteiger partial charge in [0.15, 0.2) is 0 Å². The molecule has 0 heterocycles. The van der Waals surface area contributed by atoms with Crippen LogP contribution < -0.4 is 5.32 Å². The van der Waals surface area contributed by atoms with Crippen molar-refractivity contribution in [1.82, 2.24) is 0 Å². The quantitative estimate of drug-likeness (QED) is 0.834. The maximum atomic E-state index is 11.8. The molecule has 2 rings (SSSR count). The Morgan fingerprint density at radius 2 is 2.10 bits per heavy atom. The number of carbonyl (C=O) groups excluding carboxylic acids is 1. The van der Waals surface area contributed by atoms with Gasteiger partial charge in [-0.25, -0.2) is 4.79 Å². The zero-order valence-electron chi connectivity index (χ0n) is 12.4. The highest BCUT2D eigenvalue weighted by atomic mass is 16.5. The Hall–Kier alpha value is -2.04. The van der Waals surface area contributed by atoms with Crippen LogP contribution in [0.5, 0.6) is 0 Å². The number of hydrogen-bond donors (Lipinski definition) is 2. The highest BCUT2D eigenvalue weighted by Gasteiger charge is 2.27. The van der Waals surface area contributed by atoms with Crippen LogP contribution in [-0.2, 0) is 9.53 Å². The van der Waals surface area contributed by atoms with E-state index in [-0.39, 0.29) is 17.9 Å². The topological polar surface area (TPSA) is 75.6 Å². The molecule has 1 aliphatic rings. The van der Waals surface area contributed by atoms with E-state index in [1.165, 1.54) is 7.11 Å². The lowest BCUT2D eigenvalue weighted by Gasteiger charge is -2.28. The molecule has 21 heavy (non-hydrogen) atoms. The Labute approximate surface area is 124 Å². The van der Waals surface area contributed by atoms with Crippen LogP contribution in [0.1, 0.15) is 41.6 Å². The van der Waals surface area contributed by atoms with Crippen LogP contribution in [0.25, 0.3) is 0 Å². The third kappa shape index (κ3) is 3.74. The maximum absolute atomic E-state index is 11.8. The second-order valence-electron chi connectivity index (χ2n) is 5.58. The Morgan fingerprint density at radius 3 is 2.76 bits per heavy atom. The molecular weight excluding hydrogens is 270 g/mol. The molecule has 5 nitrogen and oxygen atoms in total. The number of nitrogens with one attached hydrogen (secondary N) is 1. The van der Waals surface area contributed by atoms with Gasteiger partial charge in [-0.1, -0.05) is 18.1 Å². The average Bonchev–Trinajstić information content (AvgIpc) is 2.48. The summed E-state index contributed by atoms with van der Waals surface area (Å²) in [6.45, 7) is 1.91. The summed E-state index contributed by atoms with van der Waals surface area (Å²) in [6.07, 6.45) is 3.11. The van der Waals surface area contributed by atoms with Crippen LogP contribution >= 0.6 is 0 Å². The number of anilines is 1. The molecule has 114 valence electrons. The summed E-state index contributed by atoms with van der Waals surface area (Å²) in [7, 11) is 1.36. The molecule has 0 bridgehead atoms. The van der Waals surface area contributed by atoms with E-state index < -0.39 is 5.97 Å². The van der Waals surface area contributed by atoms with E-state index in [0.29, 0.717) is 17.7 Å². The van der Waals surface area contributed by atoms with Crippen molar-refractivity contribution in [2.45, 2.75) is 38.6 Å². The van der Waals surface area contributed by atoms with Crippen LogP contribution in [-0.4, -0.2) is 30.2 Å². The third-order valence-corrected chi connectivity index (χ3v) is 3.96. The average molecular weight is 291 g/mol. The fraction of sp³-hybridized carbons (Fsp3) is 0.500. The number of aliphatic carboxylic acids is 1. The lowest BCUT2D eigenvalue weighted by molar-refractivity contribution is -0.142. The SMILES string of the molecule is COC(=O)c1cc(C)ccc1NC1CCCC(C(=O)O)C1. The van der Waals surface area contributed by atoms with Crippen LogP contribution in [0.2, 0.25) is 0 Å².